The van der Waals surface area contributed by atoms with Crippen molar-refractivity contribution < 1.29 is 26.3 Å². The van der Waals surface area contributed by atoms with E-state index in [-0.39, 0.29) is 17.4 Å². The van der Waals surface area contributed by atoms with E-state index in [1.807, 2.05) is 25.1 Å². The molecule has 0 saturated carbocycles. The highest BCUT2D eigenvalue weighted by molar-refractivity contribution is 7.89. The van der Waals surface area contributed by atoms with Crippen LogP contribution in [-0.4, -0.2) is 15.0 Å². The normalized spacial score (nSPS) is 21.9. The van der Waals surface area contributed by atoms with Crippen molar-refractivity contribution in [2.75, 3.05) is 6.61 Å². The van der Waals surface area contributed by atoms with E-state index in [4.69, 9.17) is 4.74 Å². The average Bonchev–Trinajstić information content (AvgIpc) is 3.07. The van der Waals surface area contributed by atoms with Gasteiger partial charge >= 0.3 is 6.18 Å². The van der Waals surface area contributed by atoms with Crippen molar-refractivity contribution >= 4 is 10.0 Å². The van der Waals surface area contributed by atoms with E-state index >= 15 is 0 Å². The predicted octanol–water partition coefficient (Wildman–Crippen LogP) is 5.19. The first-order valence-electron chi connectivity index (χ1n) is 10.2. The van der Waals surface area contributed by atoms with Crippen LogP contribution in [0.2, 0.25) is 0 Å². The van der Waals surface area contributed by atoms with Crippen LogP contribution in [0.3, 0.4) is 0 Å². The van der Waals surface area contributed by atoms with Gasteiger partial charge in [0.2, 0.25) is 10.0 Å². The number of nitrogens with one attached hydrogen (secondary N) is 1. The van der Waals surface area contributed by atoms with Crippen molar-refractivity contribution in [3.63, 3.8) is 0 Å². The minimum atomic E-state index is -4.48. The molecule has 8 heteroatoms. The van der Waals surface area contributed by atoms with Crippen molar-refractivity contribution in [1.82, 2.24) is 4.72 Å². The van der Waals surface area contributed by atoms with Crippen LogP contribution < -0.4 is 9.46 Å². The highest BCUT2D eigenvalue weighted by atomic mass is 32.2. The molecule has 166 valence electrons. The number of alkyl halides is 3. The fourth-order valence-electron chi connectivity index (χ4n) is 4.71. The van der Waals surface area contributed by atoms with E-state index in [9.17, 15) is 21.6 Å². The molecule has 3 aromatic rings. The molecule has 0 fully saturated rings. The zero-order valence-electron chi connectivity index (χ0n) is 17.1. The lowest BCUT2D eigenvalue weighted by Gasteiger charge is -2.32. The Labute approximate surface area is 184 Å². The topological polar surface area (TPSA) is 55.4 Å². The quantitative estimate of drug-likeness (QED) is 0.587. The van der Waals surface area contributed by atoms with Crippen LogP contribution in [0.1, 0.15) is 39.8 Å². The summed E-state index contributed by atoms with van der Waals surface area (Å²) in [7, 11) is -3.85. The molecular weight excluding hydrogens is 439 g/mol. The summed E-state index contributed by atoms with van der Waals surface area (Å²) in [6.07, 6.45) is -4.48. The van der Waals surface area contributed by atoms with Gasteiger partial charge in [0.05, 0.1) is 23.1 Å². The number of benzene rings is 3. The second-order valence-corrected chi connectivity index (χ2v) is 9.96. The monoisotopic (exact) mass is 459 g/mol. The van der Waals surface area contributed by atoms with Gasteiger partial charge in [-0.3, -0.25) is 0 Å². The molecule has 0 saturated heterocycles. The molecule has 2 aliphatic rings. The molecule has 32 heavy (non-hydrogen) atoms. The van der Waals surface area contributed by atoms with Gasteiger partial charge in [-0.2, -0.15) is 13.2 Å². The Balaban J connectivity index is 1.58. The second-order valence-electron chi connectivity index (χ2n) is 8.24. The van der Waals surface area contributed by atoms with Gasteiger partial charge in [-0.05, 0) is 48.4 Å². The van der Waals surface area contributed by atoms with Gasteiger partial charge in [-0.15, -0.1) is 0 Å². The van der Waals surface area contributed by atoms with Crippen molar-refractivity contribution in [3.05, 3.63) is 94.5 Å². The first-order valence-corrected chi connectivity index (χ1v) is 11.7. The van der Waals surface area contributed by atoms with Crippen LogP contribution in [0.5, 0.6) is 5.75 Å². The summed E-state index contributed by atoms with van der Waals surface area (Å²) in [4.78, 5) is 0.139. The number of hydrogen-bond acceptors (Lipinski definition) is 3. The molecule has 0 bridgehead atoms. The molecule has 0 radical (unpaired) electrons. The van der Waals surface area contributed by atoms with Gasteiger partial charge in [0.1, 0.15) is 5.75 Å². The fourth-order valence-corrected chi connectivity index (χ4v) is 5.98. The van der Waals surface area contributed by atoms with E-state index in [2.05, 4.69) is 4.72 Å². The van der Waals surface area contributed by atoms with Gasteiger partial charge in [-0.1, -0.05) is 42.0 Å². The third kappa shape index (κ3) is 3.47. The lowest BCUT2D eigenvalue weighted by Crippen LogP contribution is -2.36. The maximum atomic E-state index is 13.4. The molecule has 5 rings (SSSR count). The van der Waals surface area contributed by atoms with Gasteiger partial charge in [0.25, 0.3) is 0 Å². The summed E-state index contributed by atoms with van der Waals surface area (Å²) in [5.41, 5.74) is 2.19. The maximum Gasteiger partial charge on any atom is 0.416 e. The SMILES string of the molecule is Cc1ccc(S(=O)(=O)N[C@@H]2c3ccccc3[C@H]3c4cc(C(F)(F)F)ccc4OC[C@H]32)cc1. The van der Waals surface area contributed by atoms with E-state index < -0.39 is 33.7 Å². The highest BCUT2D eigenvalue weighted by Crippen LogP contribution is 2.54. The van der Waals surface area contributed by atoms with Crippen LogP contribution in [0, 0.1) is 12.8 Å². The molecule has 1 N–H and O–H groups in total. The lowest BCUT2D eigenvalue weighted by molar-refractivity contribution is -0.137. The number of hydrogen-bond donors (Lipinski definition) is 1. The summed E-state index contributed by atoms with van der Waals surface area (Å²) in [6.45, 7) is 2.06. The Bertz CT molecular complexity index is 1290. The number of fused-ring (bicyclic) bond motifs is 5. The zero-order valence-corrected chi connectivity index (χ0v) is 17.9. The van der Waals surface area contributed by atoms with Crippen molar-refractivity contribution in [2.45, 2.75) is 30.0 Å². The zero-order chi connectivity index (χ0) is 22.7. The molecule has 1 aliphatic heterocycles. The van der Waals surface area contributed by atoms with Gasteiger partial charge in [0, 0.05) is 17.4 Å². The van der Waals surface area contributed by atoms with Crippen LogP contribution >= 0.6 is 0 Å². The molecule has 0 spiro atoms. The largest absolute Gasteiger partial charge is 0.493 e. The third-order valence-corrected chi connectivity index (χ3v) is 7.70. The van der Waals surface area contributed by atoms with Gasteiger partial charge in [-0.25, -0.2) is 13.1 Å². The Morgan fingerprint density at radius 3 is 2.31 bits per heavy atom. The highest BCUT2D eigenvalue weighted by Gasteiger charge is 2.47. The molecule has 1 heterocycles. The van der Waals surface area contributed by atoms with Crippen LogP contribution in [0.4, 0.5) is 13.2 Å². The Hall–Kier alpha value is -2.84. The lowest BCUT2D eigenvalue weighted by atomic mass is 9.82. The van der Waals surface area contributed by atoms with Crippen LogP contribution in [-0.2, 0) is 16.2 Å². The third-order valence-electron chi connectivity index (χ3n) is 6.24. The van der Waals surface area contributed by atoms with Crippen molar-refractivity contribution in [1.29, 1.82) is 0 Å². The number of sulfonamides is 1. The summed E-state index contributed by atoms with van der Waals surface area (Å²) in [5, 5.41) is 0. The first kappa shape index (κ1) is 21.0. The summed E-state index contributed by atoms with van der Waals surface area (Å²) in [5.74, 6) is -0.373. The van der Waals surface area contributed by atoms with Gasteiger partial charge < -0.3 is 4.74 Å². The fraction of sp³-hybridized carbons (Fsp3) is 0.250. The van der Waals surface area contributed by atoms with Crippen molar-refractivity contribution in [2.24, 2.45) is 5.92 Å². The molecule has 3 aromatic carbocycles. The number of rotatable bonds is 3. The second kappa shape index (κ2) is 7.35. The van der Waals surface area contributed by atoms with E-state index in [1.165, 1.54) is 18.2 Å². The Morgan fingerprint density at radius 1 is 0.938 bits per heavy atom. The molecular formula is C24H20F3NO3S. The molecule has 1 aliphatic carbocycles. The first-order chi connectivity index (χ1) is 15.1. The Kier molecular flexibility index (Phi) is 4.83. The standard InChI is InChI=1S/C24H20F3NO3S/c1-14-6-9-16(10-7-14)32(29,30)28-23-18-5-3-2-4-17(18)22-19-12-15(24(25,26)27)8-11-21(19)31-13-20(22)23/h2-12,20,22-23,28H,13H2,1H3/t20-,22+,23-/m1/s1. The number of aryl methyl sites for hydroxylation is 1. The predicted molar refractivity (Wildman–Crippen MR) is 113 cm³/mol. The maximum absolute atomic E-state index is 13.4. The average molecular weight is 459 g/mol. The van der Waals surface area contributed by atoms with E-state index in [1.54, 1.807) is 18.2 Å². The van der Waals surface area contributed by atoms with Gasteiger partial charge in [0.15, 0.2) is 0 Å². The molecule has 0 amide bonds. The number of halogens is 3. The van der Waals surface area contributed by atoms with Crippen LogP contribution in [0.25, 0.3) is 0 Å². The molecule has 0 unspecified atom stereocenters. The smallest absolute Gasteiger partial charge is 0.416 e. The Morgan fingerprint density at radius 2 is 1.62 bits per heavy atom. The summed E-state index contributed by atoms with van der Waals surface area (Å²) in [6, 6.07) is 16.7. The van der Waals surface area contributed by atoms with E-state index in [0.29, 0.717) is 11.3 Å². The number of ether oxygens (including phenoxy) is 1. The summed E-state index contributed by atoms with van der Waals surface area (Å²) >= 11 is 0. The summed E-state index contributed by atoms with van der Waals surface area (Å²) < 4.78 is 75.0. The van der Waals surface area contributed by atoms with E-state index in [0.717, 1.165) is 28.8 Å². The van der Waals surface area contributed by atoms with Crippen molar-refractivity contribution in [3.8, 4) is 5.75 Å². The minimum Gasteiger partial charge on any atom is -0.493 e. The molecule has 0 aromatic heterocycles. The van der Waals surface area contributed by atoms with Crippen LogP contribution in [0.15, 0.2) is 71.6 Å². The minimum absolute atomic E-state index is 0.139. The molecule has 4 nitrogen and oxygen atoms in total. The molecule has 3 atom stereocenters.